The molecule has 0 saturated carbocycles. The number of amides is 2. The van der Waals surface area contributed by atoms with Crippen molar-refractivity contribution < 1.29 is 9.32 Å². The van der Waals surface area contributed by atoms with Crippen molar-refractivity contribution in [3.8, 4) is 11.5 Å². The number of benzene rings is 1. The quantitative estimate of drug-likeness (QED) is 0.723. The normalized spacial score (nSPS) is 13.2. The van der Waals surface area contributed by atoms with Crippen LogP contribution < -0.4 is 5.32 Å². The zero-order chi connectivity index (χ0) is 18.6. The molecule has 1 aromatic carbocycles. The summed E-state index contributed by atoms with van der Waals surface area (Å²) in [6.07, 6.45) is 4.44. The Morgan fingerprint density at radius 2 is 2.07 bits per heavy atom. The van der Waals surface area contributed by atoms with Gasteiger partial charge in [-0.15, -0.1) is 0 Å². The number of H-pyrrole nitrogens is 1. The van der Waals surface area contributed by atoms with Crippen molar-refractivity contribution in [1.29, 1.82) is 0 Å². The van der Waals surface area contributed by atoms with Gasteiger partial charge in [0.2, 0.25) is 0 Å². The third-order valence-corrected chi connectivity index (χ3v) is 4.76. The van der Waals surface area contributed by atoms with Crippen LogP contribution in [0.15, 0.2) is 34.9 Å². The number of nitrogens with one attached hydrogen (secondary N) is 2. The second-order valence-corrected chi connectivity index (χ2v) is 6.73. The molecule has 0 aliphatic heterocycles. The highest BCUT2D eigenvalue weighted by molar-refractivity contribution is 5.73. The summed E-state index contributed by atoms with van der Waals surface area (Å²) < 4.78 is 5.25. The van der Waals surface area contributed by atoms with Crippen LogP contribution in [0, 0.1) is 0 Å². The van der Waals surface area contributed by atoms with Crippen molar-refractivity contribution in [3.63, 3.8) is 0 Å². The fourth-order valence-electron chi connectivity index (χ4n) is 3.29. The van der Waals surface area contributed by atoms with E-state index in [-0.39, 0.29) is 12.6 Å². The summed E-state index contributed by atoms with van der Waals surface area (Å²) in [5.74, 6) is 0.879. The van der Waals surface area contributed by atoms with Crippen LogP contribution in [0.3, 0.4) is 0 Å². The molecule has 140 valence electrons. The average Bonchev–Trinajstić information content (AvgIpc) is 3.34. The number of carbonyl (C=O) groups excluding carboxylic acids is 1. The molecule has 0 atom stereocenters. The van der Waals surface area contributed by atoms with Gasteiger partial charge in [0.15, 0.2) is 5.82 Å². The first-order valence-electron chi connectivity index (χ1n) is 9.12. The van der Waals surface area contributed by atoms with Crippen LogP contribution in [0.4, 0.5) is 4.79 Å². The molecule has 2 N–H and O–H groups in total. The predicted molar refractivity (Wildman–Crippen MR) is 98.7 cm³/mol. The van der Waals surface area contributed by atoms with Crippen LogP contribution in [0.1, 0.15) is 35.6 Å². The molecule has 0 fully saturated rings. The Morgan fingerprint density at radius 1 is 1.26 bits per heavy atom. The van der Waals surface area contributed by atoms with Crippen molar-refractivity contribution >= 4 is 6.03 Å². The third-order valence-electron chi connectivity index (χ3n) is 4.76. The first-order valence-corrected chi connectivity index (χ1v) is 9.12. The lowest BCUT2D eigenvalue weighted by Gasteiger charge is -2.18. The molecule has 4 rings (SSSR count). The average molecular weight is 366 g/mol. The molecular weight excluding hydrogens is 344 g/mol. The maximum absolute atomic E-state index is 12.4. The van der Waals surface area contributed by atoms with Gasteiger partial charge in [0, 0.05) is 18.3 Å². The van der Waals surface area contributed by atoms with E-state index in [1.54, 1.807) is 11.9 Å². The molecule has 0 bridgehead atoms. The first-order chi connectivity index (χ1) is 13.2. The molecule has 0 radical (unpaired) electrons. The molecule has 1 aliphatic rings. The maximum Gasteiger partial charge on any atom is 0.317 e. The summed E-state index contributed by atoms with van der Waals surface area (Å²) in [5, 5.41) is 14.2. The van der Waals surface area contributed by atoms with Gasteiger partial charge in [0.1, 0.15) is 0 Å². The molecule has 0 unspecified atom stereocenters. The first kappa shape index (κ1) is 17.3. The largest absolute Gasteiger partial charge is 0.334 e. The van der Waals surface area contributed by atoms with Crippen LogP contribution in [-0.4, -0.2) is 38.3 Å². The number of carbonyl (C=O) groups is 1. The number of urea groups is 1. The summed E-state index contributed by atoms with van der Waals surface area (Å²) in [4.78, 5) is 18.3. The number of aromatic amines is 1. The van der Waals surface area contributed by atoms with Crippen LogP contribution in [0.2, 0.25) is 0 Å². The summed E-state index contributed by atoms with van der Waals surface area (Å²) in [7, 11) is 1.75. The second kappa shape index (κ2) is 7.61. The fraction of sp³-hybridized carbons (Fsp3) is 0.368. The van der Waals surface area contributed by atoms with E-state index in [9.17, 15) is 4.79 Å². The molecule has 27 heavy (non-hydrogen) atoms. The van der Waals surface area contributed by atoms with Gasteiger partial charge in [-0.3, -0.25) is 5.10 Å². The van der Waals surface area contributed by atoms with E-state index in [2.05, 4.69) is 25.7 Å². The van der Waals surface area contributed by atoms with E-state index in [1.807, 2.05) is 30.3 Å². The molecule has 2 aromatic heterocycles. The smallest absolute Gasteiger partial charge is 0.317 e. The van der Waals surface area contributed by atoms with Crippen LogP contribution in [0.25, 0.3) is 11.5 Å². The van der Waals surface area contributed by atoms with Crippen LogP contribution in [0.5, 0.6) is 0 Å². The van der Waals surface area contributed by atoms with Gasteiger partial charge in [-0.25, -0.2) is 4.79 Å². The summed E-state index contributed by atoms with van der Waals surface area (Å²) in [5.41, 5.74) is 4.29. The fourth-order valence-corrected chi connectivity index (χ4v) is 3.29. The van der Waals surface area contributed by atoms with Gasteiger partial charge in [-0.05, 0) is 43.4 Å². The Labute approximate surface area is 157 Å². The van der Waals surface area contributed by atoms with Crippen molar-refractivity contribution in [1.82, 2.24) is 30.6 Å². The van der Waals surface area contributed by atoms with E-state index in [4.69, 9.17) is 4.52 Å². The van der Waals surface area contributed by atoms with E-state index in [1.165, 1.54) is 24.1 Å². The van der Waals surface area contributed by atoms with Crippen LogP contribution >= 0.6 is 0 Å². The van der Waals surface area contributed by atoms with Crippen LogP contribution in [-0.2, 0) is 25.9 Å². The minimum Gasteiger partial charge on any atom is -0.334 e. The van der Waals surface area contributed by atoms with Gasteiger partial charge in [0.25, 0.3) is 5.89 Å². The lowest BCUT2D eigenvalue weighted by molar-refractivity contribution is 0.205. The van der Waals surface area contributed by atoms with Gasteiger partial charge < -0.3 is 14.7 Å². The van der Waals surface area contributed by atoms with E-state index in [0.717, 1.165) is 24.1 Å². The number of rotatable bonds is 5. The van der Waals surface area contributed by atoms with E-state index >= 15 is 0 Å². The van der Waals surface area contributed by atoms with Crippen molar-refractivity contribution in [2.45, 2.75) is 38.8 Å². The predicted octanol–water partition coefficient (Wildman–Crippen LogP) is 2.68. The maximum atomic E-state index is 12.4. The van der Waals surface area contributed by atoms with E-state index in [0.29, 0.717) is 18.3 Å². The summed E-state index contributed by atoms with van der Waals surface area (Å²) in [6, 6.07) is 9.33. The SMILES string of the molecule is CN(Cc1n[nH]c2c1CCCC2)C(=O)NCc1noc(-c2ccccc2)n1. The minimum atomic E-state index is -0.200. The van der Waals surface area contributed by atoms with Crippen molar-refractivity contribution in [2.24, 2.45) is 0 Å². The molecular formula is C19H22N6O2. The highest BCUT2D eigenvalue weighted by Gasteiger charge is 2.19. The van der Waals surface area contributed by atoms with E-state index < -0.39 is 0 Å². The minimum absolute atomic E-state index is 0.200. The van der Waals surface area contributed by atoms with Gasteiger partial charge in [-0.2, -0.15) is 10.1 Å². The number of hydrogen-bond donors (Lipinski definition) is 2. The Hall–Kier alpha value is -3.16. The van der Waals surface area contributed by atoms with Crippen molar-refractivity contribution in [3.05, 3.63) is 53.1 Å². The summed E-state index contributed by atoms with van der Waals surface area (Å²) in [6.45, 7) is 0.678. The molecule has 0 spiro atoms. The number of aryl methyl sites for hydroxylation is 1. The second-order valence-electron chi connectivity index (χ2n) is 6.73. The molecule has 0 saturated heterocycles. The lowest BCUT2D eigenvalue weighted by Crippen LogP contribution is -2.36. The third kappa shape index (κ3) is 3.84. The molecule has 1 aliphatic carbocycles. The Morgan fingerprint density at radius 3 is 2.93 bits per heavy atom. The Balaban J connectivity index is 1.33. The van der Waals surface area contributed by atoms with Gasteiger partial charge in [-0.1, -0.05) is 23.4 Å². The molecule has 2 amide bonds. The van der Waals surface area contributed by atoms with Gasteiger partial charge >= 0.3 is 6.03 Å². The molecule has 8 nitrogen and oxygen atoms in total. The van der Waals surface area contributed by atoms with Gasteiger partial charge in [0.05, 0.1) is 18.8 Å². The highest BCUT2D eigenvalue weighted by atomic mass is 16.5. The number of fused-ring (bicyclic) bond motifs is 1. The molecule has 2 heterocycles. The lowest BCUT2D eigenvalue weighted by atomic mass is 9.96. The zero-order valence-electron chi connectivity index (χ0n) is 15.2. The monoisotopic (exact) mass is 366 g/mol. The zero-order valence-corrected chi connectivity index (χ0v) is 15.2. The molecule has 8 heteroatoms. The van der Waals surface area contributed by atoms with Crippen molar-refractivity contribution in [2.75, 3.05) is 7.05 Å². The number of nitrogens with zero attached hydrogens (tertiary/aromatic N) is 4. The topological polar surface area (TPSA) is 99.9 Å². The number of aromatic nitrogens is 4. The molecule has 3 aromatic rings. The Bertz CT molecular complexity index is 917. The number of hydrogen-bond acceptors (Lipinski definition) is 5. The standard InChI is InChI=1S/C19H22N6O2/c1-25(12-16-14-9-5-6-10-15(14)22-23-16)19(26)20-11-17-21-18(27-24-17)13-7-3-2-4-8-13/h2-4,7-8H,5-6,9-12H2,1H3,(H,20,26)(H,22,23). The Kier molecular flexibility index (Phi) is 4.86. The summed E-state index contributed by atoms with van der Waals surface area (Å²) >= 11 is 0. The highest BCUT2D eigenvalue weighted by Crippen LogP contribution is 2.22.